The predicted molar refractivity (Wildman–Crippen MR) is 87.9 cm³/mol. The molecule has 0 aliphatic carbocycles. The zero-order valence-corrected chi connectivity index (χ0v) is 15.0. The van der Waals surface area contributed by atoms with Gasteiger partial charge in [-0.2, -0.15) is 0 Å². The monoisotopic (exact) mass is 371 g/mol. The average molecular weight is 372 g/mol. The third kappa shape index (κ3) is 5.33. The second-order valence-corrected chi connectivity index (χ2v) is 5.79. The second-order valence-electron chi connectivity index (χ2n) is 4.94. The minimum atomic E-state index is -0.628. The fraction of sp³-hybridized carbons (Fsp3) is 0.500. The molecule has 0 aliphatic heterocycles. The highest BCUT2D eigenvalue weighted by atomic mass is 79.9. The summed E-state index contributed by atoms with van der Waals surface area (Å²) in [5.41, 5.74) is 1.10. The maximum absolute atomic E-state index is 12.4. The van der Waals surface area contributed by atoms with Crippen LogP contribution in [0.4, 0.5) is 0 Å². The summed E-state index contributed by atoms with van der Waals surface area (Å²) >= 11 is 3.43. The highest BCUT2D eigenvalue weighted by Crippen LogP contribution is 2.26. The standard InChI is InChI=1S/C16H22BrNO4/c1-5-18(9-8-15(19)21-4)16(20)12(3)22-14-7-6-11(2)10-13(14)17/h6-7,10,12H,5,8-9H2,1-4H3/t12-/m1/s1. The minimum Gasteiger partial charge on any atom is -0.480 e. The lowest BCUT2D eigenvalue weighted by Gasteiger charge is -2.24. The van der Waals surface area contributed by atoms with E-state index >= 15 is 0 Å². The Bertz CT molecular complexity index is 533. The highest BCUT2D eigenvalue weighted by molar-refractivity contribution is 9.10. The Kier molecular flexibility index (Phi) is 7.38. The first kappa shape index (κ1) is 18.5. The summed E-state index contributed by atoms with van der Waals surface area (Å²) in [7, 11) is 1.33. The SMILES string of the molecule is CCN(CCC(=O)OC)C(=O)[C@@H](C)Oc1ccc(C)cc1Br. The van der Waals surface area contributed by atoms with E-state index in [1.54, 1.807) is 11.8 Å². The quantitative estimate of drug-likeness (QED) is 0.691. The first-order chi connectivity index (χ1) is 10.4. The first-order valence-corrected chi connectivity index (χ1v) is 7.96. The molecule has 1 atom stereocenters. The summed E-state index contributed by atoms with van der Waals surface area (Å²) in [6.07, 6.45) is -0.451. The molecule has 0 aromatic heterocycles. The normalized spacial score (nSPS) is 11.7. The molecular formula is C16H22BrNO4. The van der Waals surface area contributed by atoms with E-state index in [2.05, 4.69) is 20.7 Å². The van der Waals surface area contributed by atoms with Crippen molar-refractivity contribution in [3.8, 4) is 5.75 Å². The fourth-order valence-electron chi connectivity index (χ4n) is 1.95. The number of halogens is 1. The minimum absolute atomic E-state index is 0.154. The molecular weight excluding hydrogens is 350 g/mol. The van der Waals surface area contributed by atoms with Crippen LogP contribution in [0.15, 0.2) is 22.7 Å². The van der Waals surface area contributed by atoms with Crippen LogP contribution in [-0.4, -0.2) is 43.1 Å². The van der Waals surface area contributed by atoms with Gasteiger partial charge in [0.05, 0.1) is 18.0 Å². The number of nitrogens with zero attached hydrogens (tertiary/aromatic N) is 1. The van der Waals surface area contributed by atoms with Crippen molar-refractivity contribution in [2.24, 2.45) is 0 Å². The van der Waals surface area contributed by atoms with E-state index in [9.17, 15) is 9.59 Å². The van der Waals surface area contributed by atoms with Crippen molar-refractivity contribution < 1.29 is 19.1 Å². The molecule has 0 unspecified atom stereocenters. The number of ether oxygens (including phenoxy) is 2. The van der Waals surface area contributed by atoms with Crippen molar-refractivity contribution in [3.63, 3.8) is 0 Å². The van der Waals surface area contributed by atoms with Crippen LogP contribution >= 0.6 is 15.9 Å². The van der Waals surface area contributed by atoms with E-state index in [1.807, 2.05) is 32.0 Å². The number of carbonyl (C=O) groups excluding carboxylic acids is 2. The van der Waals surface area contributed by atoms with Crippen molar-refractivity contribution in [1.29, 1.82) is 0 Å². The molecule has 0 spiro atoms. The van der Waals surface area contributed by atoms with Gasteiger partial charge >= 0.3 is 5.97 Å². The van der Waals surface area contributed by atoms with Crippen LogP contribution in [0.1, 0.15) is 25.8 Å². The zero-order chi connectivity index (χ0) is 16.7. The van der Waals surface area contributed by atoms with Crippen molar-refractivity contribution >= 4 is 27.8 Å². The van der Waals surface area contributed by atoms with Crippen molar-refractivity contribution in [1.82, 2.24) is 4.90 Å². The van der Waals surface area contributed by atoms with Gasteiger partial charge in [-0.05, 0) is 54.4 Å². The van der Waals surface area contributed by atoms with Crippen molar-refractivity contribution in [3.05, 3.63) is 28.2 Å². The summed E-state index contributed by atoms with van der Waals surface area (Å²) in [5.74, 6) is 0.135. The predicted octanol–water partition coefficient (Wildman–Crippen LogP) is 2.94. The van der Waals surface area contributed by atoms with Crippen LogP contribution in [0.3, 0.4) is 0 Å². The third-order valence-electron chi connectivity index (χ3n) is 3.25. The summed E-state index contributed by atoms with van der Waals surface area (Å²) in [4.78, 5) is 25.2. The average Bonchev–Trinajstić information content (AvgIpc) is 2.49. The Morgan fingerprint density at radius 2 is 2.05 bits per heavy atom. The fourth-order valence-corrected chi connectivity index (χ4v) is 2.54. The van der Waals surface area contributed by atoms with Gasteiger partial charge < -0.3 is 14.4 Å². The van der Waals surface area contributed by atoms with E-state index in [-0.39, 0.29) is 18.3 Å². The molecule has 1 rings (SSSR count). The van der Waals surface area contributed by atoms with E-state index < -0.39 is 6.10 Å². The van der Waals surface area contributed by atoms with E-state index in [4.69, 9.17) is 4.74 Å². The van der Waals surface area contributed by atoms with Gasteiger partial charge in [-0.25, -0.2) is 0 Å². The molecule has 0 heterocycles. The molecule has 0 saturated heterocycles. The van der Waals surface area contributed by atoms with Gasteiger partial charge in [0.25, 0.3) is 5.91 Å². The molecule has 1 aromatic carbocycles. The number of likely N-dealkylation sites (N-methyl/N-ethyl adjacent to an activating group) is 1. The van der Waals surface area contributed by atoms with Crippen molar-refractivity contribution in [2.45, 2.75) is 33.3 Å². The Labute approximate surface area is 139 Å². The van der Waals surface area contributed by atoms with Gasteiger partial charge in [0.2, 0.25) is 0 Å². The maximum Gasteiger partial charge on any atom is 0.307 e. The van der Waals surface area contributed by atoms with Crippen LogP contribution in [-0.2, 0) is 14.3 Å². The number of aryl methyl sites for hydroxylation is 1. The molecule has 5 nitrogen and oxygen atoms in total. The highest BCUT2D eigenvalue weighted by Gasteiger charge is 2.22. The van der Waals surface area contributed by atoms with Gasteiger partial charge in [-0.3, -0.25) is 9.59 Å². The number of amides is 1. The Balaban J connectivity index is 2.67. The number of esters is 1. The summed E-state index contributed by atoms with van der Waals surface area (Å²) in [6, 6.07) is 5.68. The topological polar surface area (TPSA) is 55.8 Å². The number of benzene rings is 1. The van der Waals surface area contributed by atoms with Gasteiger partial charge in [-0.15, -0.1) is 0 Å². The number of hydrogen-bond donors (Lipinski definition) is 0. The van der Waals surface area contributed by atoms with Crippen LogP contribution < -0.4 is 4.74 Å². The molecule has 0 saturated carbocycles. The second kappa shape index (κ2) is 8.78. The van der Waals surface area contributed by atoms with Crippen LogP contribution in [0.25, 0.3) is 0 Å². The summed E-state index contributed by atoms with van der Waals surface area (Å²) in [5, 5.41) is 0. The van der Waals surface area contributed by atoms with E-state index in [0.29, 0.717) is 18.8 Å². The molecule has 22 heavy (non-hydrogen) atoms. The zero-order valence-electron chi connectivity index (χ0n) is 13.4. The van der Waals surface area contributed by atoms with Crippen LogP contribution in [0.2, 0.25) is 0 Å². The summed E-state index contributed by atoms with van der Waals surface area (Å²) in [6.45, 7) is 6.39. The number of rotatable bonds is 7. The van der Waals surface area contributed by atoms with Gasteiger partial charge in [0.15, 0.2) is 6.10 Å². The molecule has 122 valence electrons. The molecule has 6 heteroatoms. The van der Waals surface area contributed by atoms with Crippen LogP contribution in [0, 0.1) is 6.92 Å². The Morgan fingerprint density at radius 3 is 2.59 bits per heavy atom. The smallest absolute Gasteiger partial charge is 0.307 e. The molecule has 0 bridgehead atoms. The first-order valence-electron chi connectivity index (χ1n) is 7.17. The van der Waals surface area contributed by atoms with E-state index in [0.717, 1.165) is 10.0 Å². The van der Waals surface area contributed by atoms with Crippen molar-refractivity contribution in [2.75, 3.05) is 20.2 Å². The van der Waals surface area contributed by atoms with E-state index in [1.165, 1.54) is 7.11 Å². The number of methoxy groups -OCH3 is 1. The third-order valence-corrected chi connectivity index (χ3v) is 3.87. The Morgan fingerprint density at radius 1 is 1.36 bits per heavy atom. The molecule has 0 fully saturated rings. The molecule has 1 amide bonds. The number of hydrogen-bond acceptors (Lipinski definition) is 4. The Hall–Kier alpha value is -1.56. The molecule has 0 N–H and O–H groups in total. The maximum atomic E-state index is 12.4. The molecule has 0 radical (unpaired) electrons. The van der Waals surface area contributed by atoms with Crippen LogP contribution in [0.5, 0.6) is 5.75 Å². The number of carbonyl (C=O) groups is 2. The largest absolute Gasteiger partial charge is 0.480 e. The van der Waals surface area contributed by atoms with Gasteiger partial charge in [0, 0.05) is 13.1 Å². The lowest BCUT2D eigenvalue weighted by Crippen LogP contribution is -2.41. The lowest BCUT2D eigenvalue weighted by molar-refractivity contribution is -0.143. The molecule has 1 aromatic rings. The van der Waals surface area contributed by atoms with Gasteiger partial charge in [0.1, 0.15) is 5.75 Å². The summed E-state index contributed by atoms with van der Waals surface area (Å²) < 4.78 is 11.1. The lowest BCUT2D eigenvalue weighted by atomic mass is 10.2. The molecule has 0 aliphatic rings. The van der Waals surface area contributed by atoms with Gasteiger partial charge in [-0.1, -0.05) is 6.07 Å².